The van der Waals surface area contributed by atoms with Gasteiger partial charge in [-0.25, -0.2) is 0 Å². The van der Waals surface area contributed by atoms with Crippen LogP contribution in [0.2, 0.25) is 5.02 Å². The van der Waals surface area contributed by atoms with Gasteiger partial charge in [0.05, 0.1) is 18.7 Å². The van der Waals surface area contributed by atoms with Crippen LogP contribution in [-0.2, 0) is 6.54 Å². The van der Waals surface area contributed by atoms with E-state index < -0.39 is 0 Å². The second-order valence-corrected chi connectivity index (χ2v) is 7.00. The van der Waals surface area contributed by atoms with E-state index in [9.17, 15) is 0 Å². The number of hydrogen-bond donors (Lipinski definition) is 0. The number of benzene rings is 2. The van der Waals surface area contributed by atoms with Crippen molar-refractivity contribution in [3.8, 4) is 17.1 Å². The molecule has 4 rings (SSSR count). The molecular weight excluding hydrogens is 362 g/mol. The molecule has 1 saturated heterocycles. The normalized spacial score (nSPS) is 17.3. The van der Waals surface area contributed by atoms with Crippen molar-refractivity contribution in [1.82, 2.24) is 15.0 Å². The summed E-state index contributed by atoms with van der Waals surface area (Å²) in [6.45, 7) is 4.15. The van der Waals surface area contributed by atoms with Crippen LogP contribution in [0.3, 0.4) is 0 Å². The van der Waals surface area contributed by atoms with Gasteiger partial charge in [0.1, 0.15) is 5.75 Å². The van der Waals surface area contributed by atoms with E-state index in [1.807, 2.05) is 49.4 Å². The van der Waals surface area contributed by atoms with E-state index in [1.165, 1.54) is 0 Å². The van der Waals surface area contributed by atoms with E-state index in [1.54, 1.807) is 0 Å². The van der Waals surface area contributed by atoms with Crippen molar-refractivity contribution in [2.75, 3.05) is 13.2 Å². The number of hydrogen-bond acceptors (Lipinski definition) is 5. The number of ether oxygens (including phenoxy) is 1. The van der Waals surface area contributed by atoms with Crippen LogP contribution in [0.25, 0.3) is 11.4 Å². The molecule has 0 radical (unpaired) electrons. The molecule has 1 aliphatic heterocycles. The van der Waals surface area contributed by atoms with Gasteiger partial charge in [-0.2, -0.15) is 4.98 Å². The average Bonchev–Trinajstić information content (AvgIpc) is 3.33. The lowest BCUT2D eigenvalue weighted by molar-refractivity contribution is 0.212. The summed E-state index contributed by atoms with van der Waals surface area (Å²) in [5, 5.41) is 4.98. The zero-order valence-corrected chi connectivity index (χ0v) is 16.0. The fourth-order valence-electron chi connectivity index (χ4n) is 3.65. The molecule has 0 N–H and O–H groups in total. The Morgan fingerprint density at radius 1 is 1.19 bits per heavy atom. The van der Waals surface area contributed by atoms with Crippen LogP contribution >= 0.6 is 11.6 Å². The number of nitrogens with zero attached hydrogens (tertiary/aromatic N) is 3. The van der Waals surface area contributed by atoms with Gasteiger partial charge in [-0.15, -0.1) is 0 Å². The first-order valence-corrected chi connectivity index (χ1v) is 9.67. The van der Waals surface area contributed by atoms with Gasteiger partial charge in [-0.3, -0.25) is 4.90 Å². The number of para-hydroxylation sites is 1. The van der Waals surface area contributed by atoms with Crippen LogP contribution in [0.4, 0.5) is 0 Å². The zero-order chi connectivity index (χ0) is 18.6. The molecule has 3 aromatic rings. The Balaban J connectivity index is 1.54. The van der Waals surface area contributed by atoms with E-state index in [0.717, 1.165) is 41.3 Å². The fraction of sp³-hybridized carbons (Fsp3) is 0.333. The number of halogens is 1. The highest BCUT2D eigenvalue weighted by atomic mass is 35.5. The van der Waals surface area contributed by atoms with Crippen LogP contribution in [0, 0.1) is 0 Å². The van der Waals surface area contributed by atoms with E-state index >= 15 is 0 Å². The van der Waals surface area contributed by atoms with Gasteiger partial charge in [0.25, 0.3) is 0 Å². The number of aromatic nitrogens is 2. The van der Waals surface area contributed by atoms with Crippen molar-refractivity contribution in [2.24, 2.45) is 0 Å². The van der Waals surface area contributed by atoms with Crippen molar-refractivity contribution < 1.29 is 9.26 Å². The lowest BCUT2D eigenvalue weighted by Crippen LogP contribution is -2.23. The third kappa shape index (κ3) is 3.84. The molecular formula is C21H22ClN3O2. The summed E-state index contributed by atoms with van der Waals surface area (Å²) in [6, 6.07) is 16.1. The minimum absolute atomic E-state index is 0.282. The SMILES string of the molecule is CCOc1ccccc1-c1noc(CN2CCCC2c2ccccc2Cl)n1. The van der Waals surface area contributed by atoms with E-state index in [-0.39, 0.29) is 6.04 Å². The second kappa shape index (κ2) is 8.11. The van der Waals surface area contributed by atoms with Gasteiger partial charge < -0.3 is 9.26 Å². The van der Waals surface area contributed by atoms with Crippen LogP contribution in [0.1, 0.15) is 37.3 Å². The molecule has 1 atom stereocenters. The van der Waals surface area contributed by atoms with Crippen LogP contribution in [0.15, 0.2) is 53.1 Å². The van der Waals surface area contributed by atoms with Crippen LogP contribution < -0.4 is 4.74 Å². The van der Waals surface area contributed by atoms with Crippen LogP contribution in [0.5, 0.6) is 5.75 Å². The maximum atomic E-state index is 6.41. The minimum Gasteiger partial charge on any atom is -0.493 e. The molecule has 0 aliphatic carbocycles. The third-order valence-corrected chi connectivity index (χ3v) is 5.21. The molecule has 2 aromatic carbocycles. The smallest absolute Gasteiger partial charge is 0.241 e. The second-order valence-electron chi connectivity index (χ2n) is 6.59. The van der Waals surface area contributed by atoms with Gasteiger partial charge in [0, 0.05) is 11.1 Å². The van der Waals surface area contributed by atoms with Gasteiger partial charge in [0.2, 0.25) is 11.7 Å². The Kier molecular flexibility index (Phi) is 5.41. The molecule has 0 spiro atoms. The first-order valence-electron chi connectivity index (χ1n) is 9.29. The predicted octanol–water partition coefficient (Wildman–Crippen LogP) is 5.13. The first-order chi connectivity index (χ1) is 13.3. The molecule has 1 aromatic heterocycles. The van der Waals surface area contributed by atoms with Crippen LogP contribution in [-0.4, -0.2) is 28.2 Å². The first kappa shape index (κ1) is 18.0. The minimum atomic E-state index is 0.282. The quantitative estimate of drug-likeness (QED) is 0.590. The maximum Gasteiger partial charge on any atom is 0.241 e. The van der Waals surface area contributed by atoms with Crippen molar-refractivity contribution in [3.05, 3.63) is 65.0 Å². The molecule has 0 amide bonds. The van der Waals surface area contributed by atoms with E-state index in [0.29, 0.717) is 24.9 Å². The lowest BCUT2D eigenvalue weighted by Gasteiger charge is -2.23. The molecule has 1 aliphatic rings. The van der Waals surface area contributed by atoms with E-state index in [2.05, 4.69) is 21.1 Å². The largest absolute Gasteiger partial charge is 0.493 e. The molecule has 1 unspecified atom stereocenters. The van der Waals surface area contributed by atoms with Gasteiger partial charge in [-0.1, -0.05) is 47.1 Å². The molecule has 0 saturated carbocycles. The summed E-state index contributed by atoms with van der Waals surface area (Å²) in [5.74, 6) is 1.93. The summed E-state index contributed by atoms with van der Waals surface area (Å²) in [6.07, 6.45) is 2.21. The Hall–Kier alpha value is -2.37. The lowest BCUT2D eigenvalue weighted by atomic mass is 10.0. The highest BCUT2D eigenvalue weighted by Gasteiger charge is 2.29. The number of rotatable bonds is 6. The molecule has 5 nitrogen and oxygen atoms in total. The Bertz CT molecular complexity index is 912. The molecule has 27 heavy (non-hydrogen) atoms. The predicted molar refractivity (Wildman–Crippen MR) is 105 cm³/mol. The summed E-state index contributed by atoms with van der Waals surface area (Å²) in [4.78, 5) is 6.96. The highest BCUT2D eigenvalue weighted by molar-refractivity contribution is 6.31. The fourth-order valence-corrected chi connectivity index (χ4v) is 3.91. The maximum absolute atomic E-state index is 6.41. The summed E-state index contributed by atoms with van der Waals surface area (Å²) in [5.41, 5.74) is 2.01. The molecule has 0 bridgehead atoms. The summed E-state index contributed by atoms with van der Waals surface area (Å²) < 4.78 is 11.2. The monoisotopic (exact) mass is 383 g/mol. The van der Waals surface area contributed by atoms with Crippen molar-refractivity contribution in [2.45, 2.75) is 32.4 Å². The molecule has 140 valence electrons. The third-order valence-electron chi connectivity index (χ3n) is 4.86. The standard InChI is InChI=1S/C21H22ClN3O2/c1-2-26-19-12-6-4-9-16(19)21-23-20(27-24-21)14-25-13-7-11-18(25)15-8-3-5-10-17(15)22/h3-6,8-10,12,18H,2,7,11,13-14H2,1H3. The average molecular weight is 384 g/mol. The van der Waals surface area contributed by atoms with Gasteiger partial charge in [-0.05, 0) is 50.1 Å². The summed E-state index contributed by atoms with van der Waals surface area (Å²) >= 11 is 6.41. The Morgan fingerprint density at radius 2 is 2.00 bits per heavy atom. The van der Waals surface area contributed by atoms with Crippen molar-refractivity contribution in [1.29, 1.82) is 0 Å². The topological polar surface area (TPSA) is 51.4 Å². The Morgan fingerprint density at radius 3 is 2.85 bits per heavy atom. The Labute approximate surface area is 163 Å². The summed E-state index contributed by atoms with van der Waals surface area (Å²) in [7, 11) is 0. The highest BCUT2D eigenvalue weighted by Crippen LogP contribution is 2.36. The van der Waals surface area contributed by atoms with E-state index in [4.69, 9.17) is 20.9 Å². The number of likely N-dealkylation sites (tertiary alicyclic amines) is 1. The zero-order valence-electron chi connectivity index (χ0n) is 15.3. The van der Waals surface area contributed by atoms with Crippen molar-refractivity contribution >= 4 is 11.6 Å². The van der Waals surface area contributed by atoms with Gasteiger partial charge in [0.15, 0.2) is 0 Å². The van der Waals surface area contributed by atoms with Gasteiger partial charge >= 0.3 is 0 Å². The molecule has 6 heteroatoms. The molecule has 2 heterocycles. The van der Waals surface area contributed by atoms with Crippen molar-refractivity contribution in [3.63, 3.8) is 0 Å². The molecule has 1 fully saturated rings.